The molecule has 0 radical (unpaired) electrons. The van der Waals surface area contributed by atoms with E-state index in [1.807, 2.05) is 31.2 Å². The highest BCUT2D eigenvalue weighted by Crippen LogP contribution is 2.23. The molecular weight excluding hydrogens is 428 g/mol. The van der Waals surface area contributed by atoms with Gasteiger partial charge >= 0.3 is 0 Å². The molecule has 1 aliphatic rings. The summed E-state index contributed by atoms with van der Waals surface area (Å²) in [5.41, 5.74) is 0.872. The van der Waals surface area contributed by atoms with E-state index in [0.717, 1.165) is 23.3 Å². The minimum absolute atomic E-state index is 0.291. The number of nitrogens with zero attached hydrogens (tertiary/aromatic N) is 4. The van der Waals surface area contributed by atoms with Gasteiger partial charge in [0.15, 0.2) is 0 Å². The van der Waals surface area contributed by atoms with Crippen molar-refractivity contribution in [2.45, 2.75) is 18.2 Å². The summed E-state index contributed by atoms with van der Waals surface area (Å²) in [5, 5.41) is 0.912. The van der Waals surface area contributed by atoms with Crippen LogP contribution in [0.5, 0.6) is 11.6 Å². The molecule has 0 bridgehead atoms. The second kappa shape index (κ2) is 9.81. The van der Waals surface area contributed by atoms with E-state index in [-0.39, 0.29) is 0 Å². The van der Waals surface area contributed by atoms with E-state index in [9.17, 15) is 8.42 Å². The molecule has 9 heteroatoms. The summed E-state index contributed by atoms with van der Waals surface area (Å²) in [6.45, 7) is 5.50. The van der Waals surface area contributed by atoms with Crippen molar-refractivity contribution >= 4 is 20.9 Å². The van der Waals surface area contributed by atoms with Crippen LogP contribution in [-0.4, -0.2) is 74.0 Å². The highest BCUT2D eigenvalue weighted by atomic mass is 32.2. The number of sulfonamides is 1. The summed E-state index contributed by atoms with van der Waals surface area (Å²) in [6.07, 6.45) is 0.677. The van der Waals surface area contributed by atoms with Crippen molar-refractivity contribution in [1.82, 2.24) is 19.2 Å². The second-order valence-corrected chi connectivity index (χ2v) is 9.50. The molecule has 1 saturated heterocycles. The number of piperazine rings is 1. The van der Waals surface area contributed by atoms with Crippen molar-refractivity contribution in [3.8, 4) is 11.6 Å². The van der Waals surface area contributed by atoms with Crippen molar-refractivity contribution in [2.24, 2.45) is 0 Å². The molecule has 0 aliphatic carbocycles. The van der Waals surface area contributed by atoms with Crippen LogP contribution in [0.3, 0.4) is 0 Å². The van der Waals surface area contributed by atoms with Crippen LogP contribution in [0.1, 0.15) is 12.7 Å². The Morgan fingerprint density at radius 2 is 1.69 bits per heavy atom. The molecule has 2 heterocycles. The molecule has 1 aliphatic heterocycles. The van der Waals surface area contributed by atoms with Gasteiger partial charge in [0.05, 0.1) is 29.5 Å². The first-order valence-corrected chi connectivity index (χ1v) is 12.2. The number of fused-ring (bicyclic) bond motifs is 1. The third kappa shape index (κ3) is 4.85. The van der Waals surface area contributed by atoms with Gasteiger partial charge in [0, 0.05) is 39.1 Å². The molecular formula is C23H28N4O4S. The fourth-order valence-electron chi connectivity index (χ4n) is 3.80. The van der Waals surface area contributed by atoms with Crippen LogP contribution in [0.4, 0.5) is 0 Å². The molecule has 0 atom stereocenters. The summed E-state index contributed by atoms with van der Waals surface area (Å²) < 4.78 is 38.2. The number of hydrogen-bond donors (Lipinski definition) is 0. The Hall–Kier alpha value is -2.75. The number of aromatic nitrogens is 2. The summed E-state index contributed by atoms with van der Waals surface area (Å²) in [7, 11) is -1.95. The number of para-hydroxylation sites is 1. The van der Waals surface area contributed by atoms with Crippen LogP contribution < -0.4 is 9.47 Å². The minimum atomic E-state index is -3.50. The van der Waals surface area contributed by atoms with E-state index in [4.69, 9.17) is 9.47 Å². The Morgan fingerprint density at radius 1 is 0.969 bits per heavy atom. The molecule has 3 aromatic rings. The number of ether oxygens (including phenoxy) is 2. The van der Waals surface area contributed by atoms with Crippen LogP contribution >= 0.6 is 0 Å². The third-order valence-corrected chi connectivity index (χ3v) is 7.49. The van der Waals surface area contributed by atoms with Gasteiger partial charge in [-0.15, -0.1) is 0 Å². The van der Waals surface area contributed by atoms with E-state index in [1.54, 1.807) is 35.7 Å². The summed E-state index contributed by atoms with van der Waals surface area (Å²) in [6, 6.07) is 14.4. The molecule has 1 aromatic heterocycles. The molecule has 4 rings (SSSR count). The zero-order valence-electron chi connectivity index (χ0n) is 18.4. The first-order chi connectivity index (χ1) is 15.5. The quantitative estimate of drug-likeness (QED) is 0.515. The maximum atomic E-state index is 12.9. The molecule has 0 unspecified atom stereocenters. The highest BCUT2D eigenvalue weighted by Gasteiger charge is 2.28. The van der Waals surface area contributed by atoms with Gasteiger partial charge < -0.3 is 14.4 Å². The molecule has 32 heavy (non-hydrogen) atoms. The monoisotopic (exact) mass is 456 g/mol. The van der Waals surface area contributed by atoms with E-state index in [1.165, 1.54) is 0 Å². The van der Waals surface area contributed by atoms with E-state index in [2.05, 4.69) is 14.9 Å². The van der Waals surface area contributed by atoms with Gasteiger partial charge in [0.1, 0.15) is 11.6 Å². The Bertz CT molecular complexity index is 1160. The second-order valence-electron chi connectivity index (χ2n) is 7.57. The van der Waals surface area contributed by atoms with Gasteiger partial charge in [-0.2, -0.15) is 9.29 Å². The average Bonchev–Trinajstić information content (AvgIpc) is 2.83. The molecule has 0 spiro atoms. The van der Waals surface area contributed by atoms with Crippen LogP contribution in [0.15, 0.2) is 53.4 Å². The lowest BCUT2D eigenvalue weighted by molar-refractivity contribution is 0.189. The van der Waals surface area contributed by atoms with Gasteiger partial charge in [-0.25, -0.2) is 13.4 Å². The zero-order chi connectivity index (χ0) is 22.6. The van der Waals surface area contributed by atoms with E-state index < -0.39 is 10.0 Å². The van der Waals surface area contributed by atoms with Gasteiger partial charge in [0.25, 0.3) is 0 Å². The molecule has 0 saturated carbocycles. The summed E-state index contributed by atoms with van der Waals surface area (Å²) in [5.74, 6) is 1.99. The highest BCUT2D eigenvalue weighted by molar-refractivity contribution is 7.89. The predicted octanol–water partition coefficient (Wildman–Crippen LogP) is 2.59. The molecule has 8 nitrogen and oxygen atoms in total. The van der Waals surface area contributed by atoms with Crippen LogP contribution in [0.2, 0.25) is 0 Å². The van der Waals surface area contributed by atoms with E-state index in [0.29, 0.717) is 55.7 Å². The molecule has 1 fully saturated rings. The predicted molar refractivity (Wildman–Crippen MR) is 123 cm³/mol. The number of benzene rings is 2. The third-order valence-electron chi connectivity index (χ3n) is 5.58. The fraction of sp³-hybridized carbons (Fsp3) is 0.391. The van der Waals surface area contributed by atoms with Crippen molar-refractivity contribution in [3.05, 3.63) is 54.4 Å². The maximum Gasteiger partial charge on any atom is 0.243 e. The fourth-order valence-corrected chi connectivity index (χ4v) is 5.22. The lowest BCUT2D eigenvalue weighted by atomic mass is 10.2. The summed E-state index contributed by atoms with van der Waals surface area (Å²) >= 11 is 0. The Balaban J connectivity index is 1.37. The summed E-state index contributed by atoms with van der Waals surface area (Å²) in [4.78, 5) is 11.8. The topological polar surface area (TPSA) is 84.9 Å². The van der Waals surface area contributed by atoms with Crippen molar-refractivity contribution in [2.75, 3.05) is 46.4 Å². The molecule has 0 N–H and O–H groups in total. The normalized spacial score (nSPS) is 15.7. The first-order valence-electron chi connectivity index (χ1n) is 10.8. The van der Waals surface area contributed by atoms with Crippen LogP contribution in [0.25, 0.3) is 10.9 Å². The lowest BCUT2D eigenvalue weighted by Gasteiger charge is -2.33. The first kappa shape index (κ1) is 22.4. The van der Waals surface area contributed by atoms with Gasteiger partial charge in [-0.1, -0.05) is 12.1 Å². The van der Waals surface area contributed by atoms with Crippen molar-refractivity contribution < 1.29 is 17.9 Å². The number of methoxy groups -OCH3 is 1. The van der Waals surface area contributed by atoms with E-state index >= 15 is 0 Å². The zero-order valence-corrected chi connectivity index (χ0v) is 19.2. The van der Waals surface area contributed by atoms with Crippen molar-refractivity contribution in [3.63, 3.8) is 0 Å². The minimum Gasteiger partial charge on any atom is -0.497 e. The molecule has 170 valence electrons. The largest absolute Gasteiger partial charge is 0.497 e. The Kier molecular flexibility index (Phi) is 6.88. The van der Waals surface area contributed by atoms with Crippen molar-refractivity contribution in [1.29, 1.82) is 0 Å². The lowest BCUT2D eigenvalue weighted by Crippen LogP contribution is -2.49. The maximum absolute atomic E-state index is 12.9. The number of hydrogen-bond acceptors (Lipinski definition) is 7. The van der Waals surface area contributed by atoms with Crippen LogP contribution in [-0.2, 0) is 16.4 Å². The van der Waals surface area contributed by atoms with Gasteiger partial charge in [0.2, 0.25) is 15.9 Å². The smallest absolute Gasteiger partial charge is 0.243 e. The SMILES string of the molecule is CCOc1nc(CCN2CCN(S(=O)(=O)c3ccc(OC)cc3)CC2)nc2ccccc12. The van der Waals surface area contributed by atoms with Crippen LogP contribution in [0, 0.1) is 0 Å². The number of rotatable bonds is 8. The molecule has 0 amide bonds. The standard InChI is InChI=1S/C23H28N4O4S/c1-3-31-23-20-6-4-5-7-21(20)24-22(25-23)12-13-26-14-16-27(17-15-26)32(28,29)19-10-8-18(30-2)9-11-19/h4-11H,3,12-17H2,1-2H3. The van der Waals surface area contributed by atoms with Gasteiger partial charge in [-0.05, 0) is 43.3 Å². The van der Waals surface area contributed by atoms with Gasteiger partial charge in [-0.3, -0.25) is 0 Å². The Morgan fingerprint density at radius 3 is 2.38 bits per heavy atom. The Labute approximate surface area is 188 Å². The molecule has 2 aromatic carbocycles. The average molecular weight is 457 g/mol.